The van der Waals surface area contributed by atoms with Crippen LogP contribution in [0.1, 0.15) is 15.9 Å². The Morgan fingerprint density at radius 1 is 1.14 bits per heavy atom. The van der Waals surface area contributed by atoms with E-state index < -0.39 is 0 Å². The molecule has 21 heavy (non-hydrogen) atoms. The fourth-order valence-electron chi connectivity index (χ4n) is 1.71. The van der Waals surface area contributed by atoms with Crippen molar-refractivity contribution in [2.24, 2.45) is 5.84 Å². The largest absolute Gasteiger partial charge is 0.486 e. The Balaban J connectivity index is 2.15. The second-order valence-electron chi connectivity index (χ2n) is 4.16. The summed E-state index contributed by atoms with van der Waals surface area (Å²) in [5.74, 6) is 5.06. The number of ether oxygens (including phenoxy) is 1. The third kappa shape index (κ3) is 4.02. The highest BCUT2D eigenvalue weighted by Crippen LogP contribution is 2.36. The molecule has 0 aliphatic carbocycles. The Labute approximate surface area is 136 Å². The molecule has 0 aliphatic rings. The van der Waals surface area contributed by atoms with Crippen LogP contribution in [0.5, 0.6) is 5.75 Å². The highest BCUT2D eigenvalue weighted by atomic mass is 35.5. The first-order chi connectivity index (χ1) is 10.0. The van der Waals surface area contributed by atoms with Crippen molar-refractivity contribution in [3.05, 3.63) is 62.6 Å². The minimum atomic E-state index is -0.376. The van der Waals surface area contributed by atoms with Gasteiger partial charge in [-0.05, 0) is 29.8 Å². The minimum Gasteiger partial charge on any atom is -0.486 e. The van der Waals surface area contributed by atoms with E-state index in [1.54, 1.807) is 30.3 Å². The highest BCUT2D eigenvalue weighted by molar-refractivity contribution is 6.40. The molecule has 0 atom stereocenters. The molecule has 0 heterocycles. The second-order valence-corrected chi connectivity index (χ2v) is 5.41. The van der Waals surface area contributed by atoms with Crippen molar-refractivity contribution in [3.63, 3.8) is 0 Å². The summed E-state index contributed by atoms with van der Waals surface area (Å²) < 4.78 is 5.59. The van der Waals surface area contributed by atoms with Gasteiger partial charge in [-0.2, -0.15) is 0 Å². The first kappa shape index (κ1) is 15.9. The predicted molar refractivity (Wildman–Crippen MR) is 83.9 cm³/mol. The number of halogens is 3. The SMILES string of the molecule is NNC(=O)c1cccc(COc2c(Cl)cc(Cl)cc2Cl)c1. The average molecular weight is 346 g/mol. The Bertz CT molecular complexity index is 654. The summed E-state index contributed by atoms with van der Waals surface area (Å²) >= 11 is 17.9. The van der Waals surface area contributed by atoms with Crippen molar-refractivity contribution in [2.45, 2.75) is 6.61 Å². The normalized spacial score (nSPS) is 10.3. The Kier molecular flexibility index (Phi) is 5.31. The number of carbonyl (C=O) groups is 1. The molecule has 0 aromatic heterocycles. The summed E-state index contributed by atoms with van der Waals surface area (Å²) in [4.78, 5) is 11.5. The molecule has 2 aromatic carbocycles. The van der Waals surface area contributed by atoms with Crippen molar-refractivity contribution < 1.29 is 9.53 Å². The molecule has 0 saturated heterocycles. The molecule has 4 nitrogen and oxygen atoms in total. The van der Waals surface area contributed by atoms with Crippen LogP contribution in [-0.4, -0.2) is 5.91 Å². The second kappa shape index (κ2) is 7.00. The first-order valence-corrected chi connectivity index (χ1v) is 7.02. The maximum Gasteiger partial charge on any atom is 0.265 e. The number of hydrogen-bond acceptors (Lipinski definition) is 3. The van der Waals surface area contributed by atoms with Crippen LogP contribution in [0.25, 0.3) is 0 Å². The van der Waals surface area contributed by atoms with Gasteiger partial charge in [0.05, 0.1) is 10.0 Å². The minimum absolute atomic E-state index is 0.201. The van der Waals surface area contributed by atoms with Crippen LogP contribution in [0.4, 0.5) is 0 Å². The lowest BCUT2D eigenvalue weighted by Crippen LogP contribution is -2.30. The van der Waals surface area contributed by atoms with E-state index in [1.807, 2.05) is 6.07 Å². The van der Waals surface area contributed by atoms with E-state index in [1.165, 1.54) is 0 Å². The molecule has 0 radical (unpaired) electrons. The number of nitrogen functional groups attached to an aromatic ring is 1. The van der Waals surface area contributed by atoms with Gasteiger partial charge in [0.1, 0.15) is 6.61 Å². The van der Waals surface area contributed by atoms with Gasteiger partial charge in [0.25, 0.3) is 5.91 Å². The Morgan fingerprint density at radius 3 is 2.43 bits per heavy atom. The standard InChI is InChI=1S/C14H11Cl3N2O2/c15-10-5-11(16)13(12(17)6-10)21-7-8-2-1-3-9(4-8)14(20)19-18/h1-6H,7,18H2,(H,19,20). The average Bonchev–Trinajstić information content (AvgIpc) is 2.45. The topological polar surface area (TPSA) is 64.3 Å². The van der Waals surface area contributed by atoms with E-state index in [2.05, 4.69) is 5.43 Å². The number of carbonyl (C=O) groups excluding carboxylic acids is 1. The van der Waals surface area contributed by atoms with Crippen LogP contribution in [0, 0.1) is 0 Å². The lowest BCUT2D eigenvalue weighted by molar-refractivity contribution is 0.0953. The van der Waals surface area contributed by atoms with Crippen LogP contribution < -0.4 is 16.0 Å². The molecule has 2 aromatic rings. The lowest BCUT2D eigenvalue weighted by Gasteiger charge is -2.11. The first-order valence-electron chi connectivity index (χ1n) is 5.88. The van der Waals surface area contributed by atoms with E-state index in [4.69, 9.17) is 45.4 Å². The molecule has 0 aliphatic heterocycles. The maximum absolute atomic E-state index is 11.5. The summed E-state index contributed by atoms with van der Waals surface area (Å²) in [6.07, 6.45) is 0. The maximum atomic E-state index is 11.5. The van der Waals surface area contributed by atoms with Gasteiger partial charge in [0, 0.05) is 10.6 Å². The summed E-state index contributed by atoms with van der Waals surface area (Å²) in [6.45, 7) is 0.201. The quantitative estimate of drug-likeness (QED) is 0.503. The molecule has 1 amide bonds. The number of hydrogen-bond donors (Lipinski definition) is 2. The number of amides is 1. The summed E-state index contributed by atoms with van der Waals surface area (Å²) in [5.41, 5.74) is 3.28. The molecule has 0 unspecified atom stereocenters. The molecule has 0 fully saturated rings. The van der Waals surface area contributed by atoms with Gasteiger partial charge >= 0.3 is 0 Å². The third-order valence-corrected chi connectivity index (χ3v) is 3.45. The zero-order valence-electron chi connectivity index (χ0n) is 10.7. The van der Waals surface area contributed by atoms with Gasteiger partial charge in [-0.25, -0.2) is 5.84 Å². The fourth-order valence-corrected chi connectivity index (χ4v) is 2.63. The van der Waals surface area contributed by atoms with Crippen LogP contribution in [0.2, 0.25) is 15.1 Å². The van der Waals surface area contributed by atoms with Gasteiger partial charge in [0.2, 0.25) is 0 Å². The number of benzene rings is 2. The molecule has 7 heteroatoms. The van der Waals surface area contributed by atoms with Gasteiger partial charge in [-0.1, -0.05) is 46.9 Å². The zero-order valence-corrected chi connectivity index (χ0v) is 13.0. The lowest BCUT2D eigenvalue weighted by atomic mass is 10.1. The molecule has 2 rings (SSSR count). The number of nitrogens with two attached hydrogens (primary N) is 1. The van der Waals surface area contributed by atoms with Crippen molar-refractivity contribution in [2.75, 3.05) is 0 Å². The molecule has 3 N–H and O–H groups in total. The van der Waals surface area contributed by atoms with Gasteiger partial charge < -0.3 is 4.74 Å². The van der Waals surface area contributed by atoms with E-state index >= 15 is 0 Å². The molecule has 0 spiro atoms. The van der Waals surface area contributed by atoms with Crippen LogP contribution in [0.15, 0.2) is 36.4 Å². The van der Waals surface area contributed by atoms with Crippen molar-refractivity contribution >= 4 is 40.7 Å². The fraction of sp³-hybridized carbons (Fsp3) is 0.0714. The monoisotopic (exact) mass is 344 g/mol. The predicted octanol–water partition coefficient (Wildman–Crippen LogP) is 3.83. The molecule has 110 valence electrons. The molecular weight excluding hydrogens is 335 g/mol. The highest BCUT2D eigenvalue weighted by Gasteiger charge is 2.10. The third-order valence-electron chi connectivity index (χ3n) is 2.67. The summed E-state index contributed by atoms with van der Waals surface area (Å²) in [7, 11) is 0. The molecule has 0 bridgehead atoms. The van der Waals surface area contributed by atoms with Crippen molar-refractivity contribution in [3.8, 4) is 5.75 Å². The van der Waals surface area contributed by atoms with Gasteiger partial charge in [0.15, 0.2) is 5.75 Å². The van der Waals surface area contributed by atoms with Crippen LogP contribution in [0.3, 0.4) is 0 Å². The van der Waals surface area contributed by atoms with E-state index in [0.717, 1.165) is 5.56 Å². The van der Waals surface area contributed by atoms with Crippen molar-refractivity contribution in [1.29, 1.82) is 0 Å². The molecular formula is C14H11Cl3N2O2. The van der Waals surface area contributed by atoms with Crippen LogP contribution in [-0.2, 0) is 6.61 Å². The Hall–Kier alpha value is -1.46. The van der Waals surface area contributed by atoms with Crippen LogP contribution >= 0.6 is 34.8 Å². The van der Waals surface area contributed by atoms with Gasteiger partial charge in [-0.15, -0.1) is 0 Å². The zero-order chi connectivity index (χ0) is 15.4. The summed E-state index contributed by atoms with van der Waals surface area (Å²) in [5, 5.41) is 1.07. The number of hydrazine groups is 1. The summed E-state index contributed by atoms with van der Waals surface area (Å²) in [6, 6.07) is 9.94. The smallest absolute Gasteiger partial charge is 0.265 e. The van der Waals surface area contributed by atoms with E-state index in [-0.39, 0.29) is 12.5 Å². The van der Waals surface area contributed by atoms with Crippen molar-refractivity contribution in [1.82, 2.24) is 5.43 Å². The number of nitrogens with one attached hydrogen (secondary N) is 1. The van der Waals surface area contributed by atoms with E-state index in [0.29, 0.717) is 26.4 Å². The molecule has 0 saturated carbocycles. The van der Waals surface area contributed by atoms with Gasteiger partial charge in [-0.3, -0.25) is 10.2 Å². The Morgan fingerprint density at radius 2 is 1.81 bits per heavy atom. The number of rotatable bonds is 4. The van der Waals surface area contributed by atoms with E-state index in [9.17, 15) is 4.79 Å².